The van der Waals surface area contributed by atoms with Gasteiger partial charge in [0.1, 0.15) is 0 Å². The Bertz CT molecular complexity index is 1560. The Morgan fingerprint density at radius 2 is 1.61 bits per heavy atom. The first-order chi connectivity index (χ1) is 21.3. The fourth-order valence-electron chi connectivity index (χ4n) is 5.58. The summed E-state index contributed by atoms with van der Waals surface area (Å²) in [5.41, 5.74) is 4.57. The minimum atomic E-state index is -0.912. The summed E-state index contributed by atoms with van der Waals surface area (Å²) in [5.74, 6) is -1.14. The summed E-state index contributed by atoms with van der Waals surface area (Å²) < 4.78 is 13.0. The van der Waals surface area contributed by atoms with Gasteiger partial charge in [-0.2, -0.15) is 0 Å². The zero-order valence-corrected chi connectivity index (χ0v) is 25.2. The highest BCUT2D eigenvalue weighted by atomic mass is 16.7. The summed E-state index contributed by atoms with van der Waals surface area (Å²) in [6.45, 7) is 2.89. The molecule has 44 heavy (non-hydrogen) atoms. The lowest BCUT2D eigenvalue weighted by Crippen LogP contribution is -2.38. The number of nitrogens with zero attached hydrogens (tertiary/aromatic N) is 1. The number of hydrogen-bond acceptors (Lipinski definition) is 6. The smallest absolute Gasteiger partial charge is 0.303 e. The van der Waals surface area contributed by atoms with Crippen LogP contribution in [0.2, 0.25) is 0 Å². The third-order valence-corrected chi connectivity index (χ3v) is 8.28. The van der Waals surface area contributed by atoms with E-state index in [4.69, 9.17) is 14.6 Å². The number of anilines is 1. The minimum Gasteiger partial charge on any atom is -0.481 e. The van der Waals surface area contributed by atoms with Crippen LogP contribution in [-0.4, -0.2) is 46.7 Å². The van der Waals surface area contributed by atoms with Gasteiger partial charge >= 0.3 is 5.97 Å². The van der Waals surface area contributed by atoms with E-state index in [2.05, 4.69) is 66.7 Å². The molecular weight excluding hydrogens is 556 g/mol. The number of benzene rings is 4. The number of rotatable bonds is 12. The van der Waals surface area contributed by atoms with Crippen LogP contribution in [0.4, 0.5) is 5.69 Å². The minimum absolute atomic E-state index is 0.0138. The summed E-state index contributed by atoms with van der Waals surface area (Å²) >= 11 is 0. The first-order valence-corrected chi connectivity index (χ1v) is 15.1. The first-order valence-electron chi connectivity index (χ1n) is 15.1. The van der Waals surface area contributed by atoms with Crippen LogP contribution >= 0.6 is 0 Å². The summed E-state index contributed by atoms with van der Waals surface area (Å²) in [6, 6.07) is 30.4. The fourth-order valence-corrected chi connectivity index (χ4v) is 5.58. The number of ether oxygens (including phenoxy) is 2. The van der Waals surface area contributed by atoms with Gasteiger partial charge < -0.3 is 25.0 Å². The van der Waals surface area contributed by atoms with Gasteiger partial charge in [-0.15, -0.1) is 0 Å². The molecule has 0 aliphatic carbocycles. The number of carboxylic acids is 1. The molecule has 230 valence electrons. The van der Waals surface area contributed by atoms with E-state index in [1.165, 1.54) is 16.3 Å². The van der Waals surface area contributed by atoms with Crippen LogP contribution in [0.1, 0.15) is 73.3 Å². The average molecular weight is 597 g/mol. The van der Waals surface area contributed by atoms with Gasteiger partial charge in [0.25, 0.3) is 0 Å². The van der Waals surface area contributed by atoms with E-state index in [0.717, 1.165) is 16.7 Å². The largest absolute Gasteiger partial charge is 0.481 e. The lowest BCUT2D eigenvalue weighted by molar-refractivity contribution is -0.253. The van der Waals surface area contributed by atoms with E-state index in [-0.39, 0.29) is 43.6 Å². The van der Waals surface area contributed by atoms with Gasteiger partial charge in [-0.3, -0.25) is 14.5 Å². The van der Waals surface area contributed by atoms with Crippen molar-refractivity contribution in [3.8, 4) is 0 Å². The molecule has 8 nitrogen and oxygen atoms in total. The molecule has 0 spiro atoms. The SMILES string of the molecule is C[C@H](c1ccc2ccccc2c1)N(C)C[C@@H]1C[C@H](c2ccc(CO)cc2)O[C@H](c2ccc(NC(=O)CCCC(=O)O)cc2)O1. The number of carboxylic acid groups (broad SMARTS) is 1. The second-order valence-electron chi connectivity index (χ2n) is 11.5. The maximum absolute atomic E-state index is 12.2. The molecule has 0 bridgehead atoms. The number of hydrogen-bond donors (Lipinski definition) is 3. The van der Waals surface area contributed by atoms with Crippen LogP contribution in [0.3, 0.4) is 0 Å². The maximum Gasteiger partial charge on any atom is 0.303 e. The normalized spacial score (nSPS) is 19.1. The van der Waals surface area contributed by atoms with Crippen LogP contribution in [0.15, 0.2) is 91.0 Å². The van der Waals surface area contributed by atoms with Gasteiger partial charge in [0.05, 0.1) is 18.8 Å². The first kappa shape index (κ1) is 31.3. The maximum atomic E-state index is 12.2. The molecule has 3 N–H and O–H groups in total. The predicted octanol–water partition coefficient (Wildman–Crippen LogP) is 6.76. The van der Waals surface area contributed by atoms with E-state index in [1.54, 1.807) is 12.1 Å². The van der Waals surface area contributed by atoms with Gasteiger partial charge in [-0.25, -0.2) is 0 Å². The number of aliphatic carboxylic acids is 1. The molecule has 1 heterocycles. The van der Waals surface area contributed by atoms with Crippen LogP contribution in [0, 0.1) is 0 Å². The highest BCUT2D eigenvalue weighted by molar-refractivity contribution is 5.90. The molecular formula is C36H40N2O6. The number of nitrogens with one attached hydrogen (secondary N) is 1. The van der Waals surface area contributed by atoms with Crippen molar-refractivity contribution in [3.63, 3.8) is 0 Å². The number of aliphatic hydroxyl groups excluding tert-OH is 1. The van der Waals surface area contributed by atoms with Crippen molar-refractivity contribution in [2.45, 2.75) is 63.8 Å². The Morgan fingerprint density at radius 1 is 0.909 bits per heavy atom. The van der Waals surface area contributed by atoms with E-state index >= 15 is 0 Å². The second-order valence-corrected chi connectivity index (χ2v) is 11.5. The monoisotopic (exact) mass is 596 g/mol. The van der Waals surface area contributed by atoms with Crippen molar-refractivity contribution in [1.29, 1.82) is 0 Å². The Labute approximate surface area is 258 Å². The zero-order valence-electron chi connectivity index (χ0n) is 25.2. The highest BCUT2D eigenvalue weighted by Crippen LogP contribution is 2.39. The summed E-state index contributed by atoms with van der Waals surface area (Å²) in [7, 11) is 2.12. The molecule has 1 aliphatic heterocycles. The summed E-state index contributed by atoms with van der Waals surface area (Å²) in [4.78, 5) is 25.3. The van der Waals surface area contributed by atoms with Gasteiger partial charge in [0, 0.05) is 43.1 Å². The molecule has 0 saturated carbocycles. The van der Waals surface area contributed by atoms with E-state index < -0.39 is 12.3 Å². The lowest BCUT2D eigenvalue weighted by atomic mass is 9.98. The zero-order chi connectivity index (χ0) is 31.1. The summed E-state index contributed by atoms with van der Waals surface area (Å²) in [6.07, 6.45) is 0.146. The molecule has 0 unspecified atom stereocenters. The van der Waals surface area contributed by atoms with E-state index in [0.29, 0.717) is 25.1 Å². The van der Waals surface area contributed by atoms with Crippen molar-refractivity contribution >= 4 is 28.3 Å². The predicted molar refractivity (Wildman–Crippen MR) is 170 cm³/mol. The molecule has 4 aromatic carbocycles. The molecule has 1 amide bonds. The molecule has 0 aromatic heterocycles. The van der Waals surface area contributed by atoms with Crippen molar-refractivity contribution in [2.24, 2.45) is 0 Å². The number of likely N-dealkylation sites (N-methyl/N-ethyl adjacent to an activating group) is 1. The third-order valence-electron chi connectivity index (χ3n) is 8.28. The van der Waals surface area contributed by atoms with E-state index in [1.807, 2.05) is 36.4 Å². The third kappa shape index (κ3) is 8.09. The molecule has 5 rings (SSSR count). The molecule has 1 aliphatic rings. The van der Waals surface area contributed by atoms with Crippen molar-refractivity contribution < 1.29 is 29.3 Å². The Hall–Kier alpha value is -4.08. The van der Waals surface area contributed by atoms with Gasteiger partial charge in [0.15, 0.2) is 6.29 Å². The number of aliphatic hydroxyl groups is 1. The van der Waals surface area contributed by atoms with Crippen molar-refractivity contribution in [2.75, 3.05) is 18.9 Å². The Kier molecular flexibility index (Phi) is 10.4. The quantitative estimate of drug-likeness (QED) is 0.166. The molecule has 4 atom stereocenters. The highest BCUT2D eigenvalue weighted by Gasteiger charge is 2.33. The van der Waals surface area contributed by atoms with E-state index in [9.17, 15) is 14.7 Å². The lowest BCUT2D eigenvalue weighted by Gasteiger charge is -2.39. The number of carbonyl (C=O) groups is 2. The van der Waals surface area contributed by atoms with Crippen LogP contribution in [0.5, 0.6) is 0 Å². The molecule has 1 saturated heterocycles. The average Bonchev–Trinajstić information content (AvgIpc) is 3.04. The standard InChI is InChI=1S/C36H40N2O6/c1-24(29-15-14-26-6-3-4-7-30(26)20-29)38(2)22-32-21-33(27-12-10-25(23-39)11-13-27)44-36(43-32)28-16-18-31(19-17-28)37-34(40)8-5-9-35(41)42/h3-4,6-7,10-20,24,32-33,36,39H,5,8-9,21-23H2,1-2H3,(H,37,40)(H,41,42)/t24-,32+,33-,36-/m1/s1. The van der Waals surface area contributed by atoms with Gasteiger partial charge in [0.2, 0.25) is 5.91 Å². The Balaban J connectivity index is 1.30. The van der Waals surface area contributed by atoms with Crippen LogP contribution in [0.25, 0.3) is 10.8 Å². The topological polar surface area (TPSA) is 108 Å². The number of carbonyl (C=O) groups excluding carboxylic acids is 1. The van der Waals surface area contributed by atoms with Gasteiger partial charge in [-0.05, 0) is 66.1 Å². The van der Waals surface area contributed by atoms with Crippen LogP contribution in [-0.2, 0) is 25.7 Å². The number of fused-ring (bicyclic) bond motifs is 1. The fraction of sp³-hybridized carbons (Fsp3) is 0.333. The number of amides is 1. The molecule has 4 aromatic rings. The second kappa shape index (κ2) is 14.6. The van der Waals surface area contributed by atoms with Crippen molar-refractivity contribution in [3.05, 3.63) is 113 Å². The van der Waals surface area contributed by atoms with Crippen LogP contribution < -0.4 is 5.32 Å². The summed E-state index contributed by atoms with van der Waals surface area (Å²) in [5, 5.41) is 23.6. The molecule has 1 fully saturated rings. The van der Waals surface area contributed by atoms with Crippen molar-refractivity contribution in [1.82, 2.24) is 4.90 Å². The van der Waals surface area contributed by atoms with Gasteiger partial charge in [-0.1, -0.05) is 72.8 Å². The Morgan fingerprint density at radius 3 is 2.32 bits per heavy atom. The molecule has 8 heteroatoms. The molecule has 0 radical (unpaired) electrons.